The summed E-state index contributed by atoms with van der Waals surface area (Å²) in [5, 5.41) is 10.3. The minimum absolute atomic E-state index is 0.233. The number of hydrogen-bond acceptors (Lipinski definition) is 4. The lowest BCUT2D eigenvalue weighted by Gasteiger charge is -2.19. The maximum absolute atomic E-state index is 11.9. The minimum Gasteiger partial charge on any atom is -0.371 e. The first kappa shape index (κ1) is 18.8. The molecule has 0 unspecified atom stereocenters. The fraction of sp³-hybridized carbons (Fsp3) is 0.615. The quantitative estimate of drug-likeness (QED) is 0.783. The number of aromatic nitrogens is 2. The second-order valence-electron chi connectivity index (χ2n) is 6.00. The van der Waals surface area contributed by atoms with Crippen molar-refractivity contribution in [1.29, 1.82) is 0 Å². The van der Waals surface area contributed by atoms with Crippen LogP contribution in [-0.2, 0) is 10.3 Å². The lowest BCUT2D eigenvalue weighted by molar-refractivity contribution is -0.124. The van der Waals surface area contributed by atoms with Crippen LogP contribution in [-0.4, -0.2) is 40.5 Å². The summed E-state index contributed by atoms with van der Waals surface area (Å²) in [6.07, 6.45) is -1.34. The lowest BCUT2D eigenvalue weighted by atomic mass is 10.1. The molecule has 1 heterocycles. The van der Waals surface area contributed by atoms with Crippen LogP contribution in [0, 0.1) is 0 Å². The van der Waals surface area contributed by atoms with Gasteiger partial charge in [-0.05, 0) is 27.7 Å². The number of hydrogen-bond donors (Lipinski definition) is 3. The molecule has 1 aromatic heterocycles. The zero-order valence-corrected chi connectivity index (χ0v) is 13.3. The highest BCUT2D eigenvalue weighted by atomic mass is 19.4. The van der Waals surface area contributed by atoms with Gasteiger partial charge in [0.1, 0.15) is 12.6 Å². The van der Waals surface area contributed by atoms with Gasteiger partial charge in [0, 0.05) is 6.20 Å². The van der Waals surface area contributed by atoms with Crippen molar-refractivity contribution >= 4 is 17.6 Å². The Morgan fingerprint density at radius 2 is 1.91 bits per heavy atom. The second-order valence-corrected chi connectivity index (χ2v) is 6.00. The highest BCUT2D eigenvalue weighted by Crippen LogP contribution is 2.16. The van der Waals surface area contributed by atoms with Crippen molar-refractivity contribution in [3.05, 3.63) is 12.4 Å². The molecule has 0 aliphatic rings. The van der Waals surface area contributed by atoms with Crippen molar-refractivity contribution in [2.24, 2.45) is 0 Å². The number of anilines is 1. The van der Waals surface area contributed by atoms with Crippen LogP contribution in [0.3, 0.4) is 0 Å². The first-order valence-corrected chi connectivity index (χ1v) is 6.85. The molecule has 0 bridgehead atoms. The van der Waals surface area contributed by atoms with E-state index in [4.69, 9.17) is 0 Å². The van der Waals surface area contributed by atoms with Gasteiger partial charge >= 0.3 is 12.2 Å². The van der Waals surface area contributed by atoms with Crippen molar-refractivity contribution in [1.82, 2.24) is 20.4 Å². The van der Waals surface area contributed by atoms with Crippen LogP contribution in [0.1, 0.15) is 27.7 Å². The number of alkyl halides is 3. The van der Waals surface area contributed by atoms with E-state index in [1.165, 1.54) is 13.1 Å². The molecule has 130 valence electrons. The van der Waals surface area contributed by atoms with Gasteiger partial charge < -0.3 is 10.6 Å². The molecule has 0 radical (unpaired) electrons. The van der Waals surface area contributed by atoms with Crippen LogP contribution in [0.15, 0.2) is 12.4 Å². The Bertz CT molecular complexity index is 563. The van der Waals surface area contributed by atoms with Crippen LogP contribution in [0.5, 0.6) is 0 Å². The van der Waals surface area contributed by atoms with Gasteiger partial charge in [-0.2, -0.15) is 18.3 Å². The number of nitrogens with zero attached hydrogens (tertiary/aromatic N) is 2. The number of rotatable bonds is 4. The van der Waals surface area contributed by atoms with Gasteiger partial charge in [-0.3, -0.25) is 14.8 Å². The molecule has 1 atom stereocenters. The monoisotopic (exact) mass is 335 g/mol. The first-order chi connectivity index (χ1) is 10.4. The van der Waals surface area contributed by atoms with Gasteiger partial charge in [-0.1, -0.05) is 0 Å². The minimum atomic E-state index is -4.54. The number of amides is 3. The SMILES string of the molecule is C[C@@H](Nc1cnn(C(C)(C)C)c1)C(=O)NC(=O)NCC(F)(F)F. The van der Waals surface area contributed by atoms with E-state index in [9.17, 15) is 22.8 Å². The number of halogens is 3. The average molecular weight is 335 g/mol. The topological polar surface area (TPSA) is 88.1 Å². The Balaban J connectivity index is 2.51. The molecule has 0 aliphatic carbocycles. The molecule has 0 aliphatic heterocycles. The van der Waals surface area contributed by atoms with Gasteiger partial charge in [-0.25, -0.2) is 4.79 Å². The normalized spacial score (nSPS) is 13.3. The first-order valence-electron chi connectivity index (χ1n) is 6.85. The predicted octanol–water partition coefficient (Wildman–Crippen LogP) is 1.83. The highest BCUT2D eigenvalue weighted by Gasteiger charge is 2.28. The largest absolute Gasteiger partial charge is 0.405 e. The molecule has 23 heavy (non-hydrogen) atoms. The molecule has 3 N–H and O–H groups in total. The van der Waals surface area contributed by atoms with Crippen LogP contribution < -0.4 is 16.0 Å². The molecular weight excluding hydrogens is 315 g/mol. The summed E-state index contributed by atoms with van der Waals surface area (Å²) in [7, 11) is 0. The zero-order chi connectivity index (χ0) is 17.8. The summed E-state index contributed by atoms with van der Waals surface area (Å²) in [6, 6.07) is -2.03. The molecule has 1 rings (SSSR count). The van der Waals surface area contributed by atoms with Crippen molar-refractivity contribution in [3.63, 3.8) is 0 Å². The van der Waals surface area contributed by atoms with Crippen LogP contribution >= 0.6 is 0 Å². The molecule has 0 saturated heterocycles. The van der Waals surface area contributed by atoms with Crippen molar-refractivity contribution in [2.75, 3.05) is 11.9 Å². The fourth-order valence-electron chi connectivity index (χ4n) is 1.52. The van der Waals surface area contributed by atoms with E-state index in [-0.39, 0.29) is 5.54 Å². The summed E-state index contributed by atoms with van der Waals surface area (Å²) < 4.78 is 37.5. The molecule has 0 aromatic carbocycles. The van der Waals surface area contributed by atoms with Crippen LogP contribution in [0.2, 0.25) is 0 Å². The number of urea groups is 1. The Kier molecular flexibility index (Phi) is 5.62. The summed E-state index contributed by atoms with van der Waals surface area (Å²) >= 11 is 0. The maximum atomic E-state index is 11.9. The highest BCUT2D eigenvalue weighted by molar-refractivity contribution is 5.97. The lowest BCUT2D eigenvalue weighted by Crippen LogP contribution is -2.47. The number of carbonyl (C=O) groups is 2. The van der Waals surface area contributed by atoms with E-state index in [2.05, 4.69) is 10.4 Å². The van der Waals surface area contributed by atoms with Gasteiger partial charge in [0.05, 0.1) is 17.4 Å². The summed E-state index contributed by atoms with van der Waals surface area (Å²) in [4.78, 5) is 22.9. The van der Waals surface area contributed by atoms with Gasteiger partial charge in [0.2, 0.25) is 5.91 Å². The third-order valence-corrected chi connectivity index (χ3v) is 2.73. The third kappa shape index (κ3) is 6.57. The molecule has 3 amide bonds. The van der Waals surface area contributed by atoms with E-state index in [1.807, 2.05) is 26.1 Å². The maximum Gasteiger partial charge on any atom is 0.405 e. The fourth-order valence-corrected chi connectivity index (χ4v) is 1.52. The smallest absolute Gasteiger partial charge is 0.371 e. The molecule has 1 aromatic rings. The number of imide groups is 1. The van der Waals surface area contributed by atoms with Crippen LogP contribution in [0.4, 0.5) is 23.7 Å². The van der Waals surface area contributed by atoms with Crippen molar-refractivity contribution < 1.29 is 22.8 Å². The van der Waals surface area contributed by atoms with E-state index < -0.39 is 30.7 Å². The molecular formula is C13H20F3N5O2. The molecule has 0 saturated carbocycles. The summed E-state index contributed by atoms with van der Waals surface area (Å²) in [5.41, 5.74) is 0.321. The van der Waals surface area contributed by atoms with Gasteiger partial charge in [0.15, 0.2) is 0 Å². The van der Waals surface area contributed by atoms with Crippen molar-refractivity contribution in [2.45, 2.75) is 45.5 Å². The standard InChI is InChI=1S/C13H20F3N5O2/c1-8(10(22)20-11(23)17-7-13(14,15)16)19-9-5-18-21(6-9)12(2,3)4/h5-6,8,19H,7H2,1-4H3,(H2,17,20,22,23)/t8-/m1/s1. The van der Waals surface area contributed by atoms with Crippen molar-refractivity contribution in [3.8, 4) is 0 Å². The average Bonchev–Trinajstić information content (AvgIpc) is 2.84. The Morgan fingerprint density at radius 1 is 1.30 bits per heavy atom. The molecule has 0 spiro atoms. The van der Waals surface area contributed by atoms with Gasteiger partial charge in [0.25, 0.3) is 0 Å². The van der Waals surface area contributed by atoms with E-state index in [1.54, 1.807) is 16.2 Å². The van der Waals surface area contributed by atoms with E-state index >= 15 is 0 Å². The predicted molar refractivity (Wildman–Crippen MR) is 77.9 cm³/mol. The Hall–Kier alpha value is -2.26. The Morgan fingerprint density at radius 3 is 2.39 bits per heavy atom. The molecule has 0 fully saturated rings. The van der Waals surface area contributed by atoms with E-state index in [0.717, 1.165) is 0 Å². The van der Waals surface area contributed by atoms with Crippen LogP contribution in [0.25, 0.3) is 0 Å². The van der Waals surface area contributed by atoms with Gasteiger partial charge in [-0.15, -0.1) is 0 Å². The Labute approximate surface area is 131 Å². The molecule has 7 nitrogen and oxygen atoms in total. The van der Waals surface area contributed by atoms with E-state index in [0.29, 0.717) is 5.69 Å². The number of carbonyl (C=O) groups excluding carboxylic acids is 2. The summed E-state index contributed by atoms with van der Waals surface area (Å²) in [6.45, 7) is 5.81. The summed E-state index contributed by atoms with van der Waals surface area (Å²) in [5.74, 6) is -0.756. The third-order valence-electron chi connectivity index (χ3n) is 2.73. The number of nitrogens with one attached hydrogen (secondary N) is 3. The second kappa shape index (κ2) is 6.88. The zero-order valence-electron chi connectivity index (χ0n) is 13.3. The molecule has 10 heteroatoms.